The highest BCUT2D eigenvalue weighted by atomic mass is 16.2. The van der Waals surface area contributed by atoms with Gasteiger partial charge in [0.2, 0.25) is 5.91 Å². The number of rotatable bonds is 3. The van der Waals surface area contributed by atoms with Gasteiger partial charge in [0.15, 0.2) is 0 Å². The Hall–Kier alpha value is -0.990. The Balaban J connectivity index is 4.11. The molecule has 0 rings (SSSR count). The van der Waals surface area contributed by atoms with Crippen molar-refractivity contribution < 1.29 is 4.79 Å². The molecule has 3 nitrogen and oxygen atoms in total. The third kappa shape index (κ3) is 3.65. The first-order chi connectivity index (χ1) is 5.11. The number of hydrogen-bond donors (Lipinski definition) is 1. The van der Waals surface area contributed by atoms with Gasteiger partial charge < -0.3 is 10.6 Å². The van der Waals surface area contributed by atoms with Gasteiger partial charge in [0, 0.05) is 24.9 Å². The largest absolute Gasteiger partial charge is 0.402 e. The van der Waals surface area contributed by atoms with Crippen molar-refractivity contribution in [1.29, 1.82) is 0 Å². The zero-order valence-electron chi connectivity index (χ0n) is 7.42. The molecule has 0 aliphatic rings. The smallest absolute Gasteiger partial charge is 0.248 e. The van der Waals surface area contributed by atoms with Crippen LogP contribution in [0.25, 0.3) is 0 Å². The van der Waals surface area contributed by atoms with Crippen molar-refractivity contribution in [2.24, 2.45) is 5.73 Å². The third-order valence-corrected chi connectivity index (χ3v) is 1.43. The summed E-state index contributed by atoms with van der Waals surface area (Å²) in [4.78, 5) is 12.9. The van der Waals surface area contributed by atoms with Gasteiger partial charge in [-0.1, -0.05) is 0 Å². The number of amides is 1. The van der Waals surface area contributed by atoms with Gasteiger partial charge in [0.05, 0.1) is 0 Å². The minimum atomic E-state index is -0.00463. The van der Waals surface area contributed by atoms with Crippen molar-refractivity contribution >= 4 is 5.91 Å². The normalized spacial score (nSPS) is 11.4. The second-order valence-corrected chi connectivity index (χ2v) is 2.40. The summed E-state index contributed by atoms with van der Waals surface area (Å²) >= 11 is 0. The van der Waals surface area contributed by atoms with Gasteiger partial charge in [-0.2, -0.15) is 0 Å². The lowest BCUT2D eigenvalue weighted by Gasteiger charge is -2.16. The van der Waals surface area contributed by atoms with Crippen molar-refractivity contribution in [3.63, 3.8) is 0 Å². The molecule has 0 bridgehead atoms. The van der Waals surface area contributed by atoms with Gasteiger partial charge in [-0.3, -0.25) is 4.79 Å². The standard InChI is InChI=1S/C8H16N2O/c1-4-10(5-2)8(11)6-7(3)9/h6H,4-5,9H2,1-3H3. The molecule has 3 heteroatoms. The molecule has 0 spiro atoms. The fourth-order valence-corrected chi connectivity index (χ4v) is 0.821. The van der Waals surface area contributed by atoms with E-state index in [9.17, 15) is 4.79 Å². The molecule has 0 aliphatic carbocycles. The molecule has 0 saturated carbocycles. The molecule has 0 heterocycles. The van der Waals surface area contributed by atoms with Crippen molar-refractivity contribution in [2.45, 2.75) is 20.8 Å². The molecule has 0 atom stereocenters. The molecule has 2 N–H and O–H groups in total. The molecular formula is C8H16N2O. The Morgan fingerprint density at radius 1 is 1.45 bits per heavy atom. The van der Waals surface area contributed by atoms with Crippen LogP contribution < -0.4 is 5.73 Å². The Morgan fingerprint density at radius 2 is 1.91 bits per heavy atom. The maximum atomic E-state index is 11.2. The van der Waals surface area contributed by atoms with Crippen LogP contribution in [-0.2, 0) is 4.79 Å². The highest BCUT2D eigenvalue weighted by Crippen LogP contribution is 1.91. The van der Waals surface area contributed by atoms with E-state index in [1.165, 1.54) is 6.08 Å². The summed E-state index contributed by atoms with van der Waals surface area (Å²) in [7, 11) is 0. The number of allylic oxidation sites excluding steroid dienone is 1. The second-order valence-electron chi connectivity index (χ2n) is 2.40. The van der Waals surface area contributed by atoms with Crippen molar-refractivity contribution in [2.75, 3.05) is 13.1 Å². The molecule has 0 aliphatic heterocycles. The first kappa shape index (κ1) is 10.0. The van der Waals surface area contributed by atoms with E-state index in [2.05, 4.69) is 0 Å². The van der Waals surface area contributed by atoms with E-state index < -0.39 is 0 Å². The molecule has 0 aromatic rings. The van der Waals surface area contributed by atoms with Crippen LogP contribution in [0, 0.1) is 0 Å². The topological polar surface area (TPSA) is 46.3 Å². The van der Waals surface area contributed by atoms with Crippen molar-refractivity contribution in [3.8, 4) is 0 Å². The van der Waals surface area contributed by atoms with Gasteiger partial charge in [-0.25, -0.2) is 0 Å². The summed E-state index contributed by atoms with van der Waals surface area (Å²) in [6, 6.07) is 0. The quantitative estimate of drug-likeness (QED) is 0.612. The Bertz CT molecular complexity index is 155. The van der Waals surface area contributed by atoms with Crippen LogP contribution >= 0.6 is 0 Å². The van der Waals surface area contributed by atoms with E-state index in [-0.39, 0.29) is 5.91 Å². The molecule has 64 valence electrons. The summed E-state index contributed by atoms with van der Waals surface area (Å²) in [6.45, 7) is 7.07. The maximum Gasteiger partial charge on any atom is 0.248 e. The van der Waals surface area contributed by atoms with Crippen LogP contribution in [0.5, 0.6) is 0 Å². The second kappa shape index (κ2) is 4.77. The van der Waals surface area contributed by atoms with Gasteiger partial charge in [0.1, 0.15) is 0 Å². The molecule has 0 fully saturated rings. The van der Waals surface area contributed by atoms with Crippen LogP contribution in [0.15, 0.2) is 11.8 Å². The molecule has 0 aromatic carbocycles. The summed E-state index contributed by atoms with van der Waals surface area (Å²) in [5.74, 6) is -0.00463. The van der Waals surface area contributed by atoms with Crippen LogP contribution in [0.4, 0.5) is 0 Å². The lowest BCUT2D eigenvalue weighted by molar-refractivity contribution is -0.125. The highest BCUT2D eigenvalue weighted by Gasteiger charge is 2.04. The Kier molecular flexibility index (Phi) is 4.34. The predicted octanol–water partition coefficient (Wildman–Crippen LogP) is 0.717. The van der Waals surface area contributed by atoms with E-state index in [1.807, 2.05) is 13.8 Å². The molecule has 0 aromatic heterocycles. The zero-order chi connectivity index (χ0) is 8.85. The minimum Gasteiger partial charge on any atom is -0.402 e. The number of likely N-dealkylation sites (N-methyl/N-ethyl adjacent to an activating group) is 1. The van der Waals surface area contributed by atoms with E-state index in [0.717, 1.165) is 13.1 Å². The summed E-state index contributed by atoms with van der Waals surface area (Å²) in [6.07, 6.45) is 1.45. The average Bonchev–Trinajstić information content (AvgIpc) is 1.88. The first-order valence-corrected chi connectivity index (χ1v) is 3.84. The number of nitrogens with two attached hydrogens (primary N) is 1. The van der Waals surface area contributed by atoms with E-state index in [1.54, 1.807) is 11.8 Å². The Labute approximate surface area is 67.9 Å². The fourth-order valence-electron chi connectivity index (χ4n) is 0.821. The van der Waals surface area contributed by atoms with Crippen molar-refractivity contribution in [1.82, 2.24) is 4.90 Å². The van der Waals surface area contributed by atoms with Gasteiger partial charge in [0.25, 0.3) is 0 Å². The lowest BCUT2D eigenvalue weighted by atomic mass is 10.4. The molecule has 0 radical (unpaired) electrons. The SMILES string of the molecule is CCN(CC)C(=O)C=C(C)N. The molecule has 0 unspecified atom stereocenters. The van der Waals surface area contributed by atoms with Crippen LogP contribution in [0.1, 0.15) is 20.8 Å². The average molecular weight is 156 g/mol. The third-order valence-electron chi connectivity index (χ3n) is 1.43. The summed E-state index contributed by atoms with van der Waals surface area (Å²) in [5, 5.41) is 0. The molecule has 11 heavy (non-hydrogen) atoms. The van der Waals surface area contributed by atoms with E-state index in [0.29, 0.717) is 5.70 Å². The summed E-state index contributed by atoms with van der Waals surface area (Å²) in [5.41, 5.74) is 5.91. The minimum absolute atomic E-state index is 0.00463. The first-order valence-electron chi connectivity index (χ1n) is 3.84. The molecular weight excluding hydrogens is 140 g/mol. The lowest BCUT2D eigenvalue weighted by Crippen LogP contribution is -2.29. The fraction of sp³-hybridized carbons (Fsp3) is 0.625. The van der Waals surface area contributed by atoms with Crippen LogP contribution in [-0.4, -0.2) is 23.9 Å². The van der Waals surface area contributed by atoms with Gasteiger partial charge >= 0.3 is 0 Å². The number of hydrogen-bond acceptors (Lipinski definition) is 2. The monoisotopic (exact) mass is 156 g/mol. The van der Waals surface area contributed by atoms with Crippen LogP contribution in [0.2, 0.25) is 0 Å². The zero-order valence-corrected chi connectivity index (χ0v) is 7.42. The van der Waals surface area contributed by atoms with Crippen molar-refractivity contribution in [3.05, 3.63) is 11.8 Å². The van der Waals surface area contributed by atoms with Gasteiger partial charge in [-0.15, -0.1) is 0 Å². The summed E-state index contributed by atoms with van der Waals surface area (Å²) < 4.78 is 0. The number of carbonyl (C=O) groups excluding carboxylic acids is 1. The maximum absolute atomic E-state index is 11.2. The Morgan fingerprint density at radius 3 is 2.18 bits per heavy atom. The number of carbonyl (C=O) groups is 1. The predicted molar refractivity (Wildman–Crippen MR) is 45.9 cm³/mol. The van der Waals surface area contributed by atoms with E-state index >= 15 is 0 Å². The highest BCUT2D eigenvalue weighted by molar-refractivity contribution is 5.88. The van der Waals surface area contributed by atoms with E-state index in [4.69, 9.17) is 5.73 Å². The van der Waals surface area contributed by atoms with Crippen LogP contribution in [0.3, 0.4) is 0 Å². The molecule has 1 amide bonds. The number of nitrogens with zero attached hydrogens (tertiary/aromatic N) is 1. The molecule has 0 saturated heterocycles. The van der Waals surface area contributed by atoms with Gasteiger partial charge in [-0.05, 0) is 20.8 Å².